The van der Waals surface area contributed by atoms with Crippen LogP contribution in [0, 0.1) is 0 Å². The lowest BCUT2D eigenvalue weighted by molar-refractivity contribution is -0.159. The van der Waals surface area contributed by atoms with Gasteiger partial charge in [0.05, 0.1) is 6.54 Å². The smallest absolute Gasteiger partial charge is 0.414 e. The van der Waals surface area contributed by atoms with Gasteiger partial charge in [-0.1, -0.05) is 54.6 Å². The maximum Gasteiger partial charge on any atom is 0.414 e. The Bertz CT molecular complexity index is 931. The van der Waals surface area contributed by atoms with Gasteiger partial charge in [-0.05, 0) is 23.1 Å². The lowest BCUT2D eigenvalue weighted by Crippen LogP contribution is -2.27. The van der Waals surface area contributed by atoms with Gasteiger partial charge in [-0.25, -0.2) is 9.59 Å². The Labute approximate surface area is 171 Å². The van der Waals surface area contributed by atoms with E-state index in [2.05, 4.69) is 16.7 Å². The first-order chi connectivity index (χ1) is 14.0. The number of thiophene rings is 1. The largest absolute Gasteiger partial charge is 0.473 e. The molecule has 1 amide bonds. The average molecular weight is 412 g/mol. The van der Waals surface area contributed by atoms with Gasteiger partial charge in [-0.15, -0.1) is 11.3 Å². The number of nitrogens with one attached hydrogen (secondary N) is 2. The van der Waals surface area contributed by atoms with Crippen molar-refractivity contribution in [2.75, 3.05) is 11.9 Å². The molecule has 4 N–H and O–H groups in total. The van der Waals surface area contributed by atoms with Crippen LogP contribution < -0.4 is 10.6 Å². The third-order valence-corrected chi connectivity index (χ3v) is 4.51. The standard InChI is InChI=1S/C19H18N2OS.C2H2O4/c22-19(14-20-13-16-9-6-12-23-16)21-18-11-5-4-10-17(18)15-7-2-1-3-8-15;3-1(4)2(5)6/h1-12,20H,13-14H2,(H,21,22);(H,3,4)(H,5,6). The minimum Gasteiger partial charge on any atom is -0.473 e. The van der Waals surface area contributed by atoms with Crippen LogP contribution in [0.1, 0.15) is 4.88 Å². The Hall–Kier alpha value is -3.49. The summed E-state index contributed by atoms with van der Waals surface area (Å²) in [6.07, 6.45) is 0. The second kappa shape index (κ2) is 11.4. The predicted molar refractivity (Wildman–Crippen MR) is 112 cm³/mol. The Morgan fingerprint density at radius 3 is 2.10 bits per heavy atom. The summed E-state index contributed by atoms with van der Waals surface area (Å²) in [4.78, 5) is 31.6. The van der Waals surface area contributed by atoms with Crippen LogP contribution in [0.15, 0.2) is 72.1 Å². The van der Waals surface area contributed by atoms with E-state index in [0.717, 1.165) is 16.8 Å². The number of anilines is 1. The fourth-order valence-corrected chi connectivity index (χ4v) is 3.04. The van der Waals surface area contributed by atoms with Crippen molar-refractivity contribution in [2.45, 2.75) is 6.54 Å². The lowest BCUT2D eigenvalue weighted by Gasteiger charge is -2.11. The molecule has 0 aliphatic heterocycles. The molecule has 0 fully saturated rings. The second-order valence-corrected chi connectivity index (χ2v) is 6.79. The number of para-hydroxylation sites is 1. The van der Waals surface area contributed by atoms with E-state index in [1.165, 1.54) is 4.88 Å². The molecule has 0 unspecified atom stereocenters. The first-order valence-electron chi connectivity index (χ1n) is 8.61. The zero-order chi connectivity index (χ0) is 21.1. The fraction of sp³-hybridized carbons (Fsp3) is 0.0952. The molecule has 0 saturated heterocycles. The van der Waals surface area contributed by atoms with Gasteiger partial charge in [-0.2, -0.15) is 0 Å². The van der Waals surface area contributed by atoms with Crippen LogP contribution >= 0.6 is 11.3 Å². The number of rotatable bonds is 6. The SMILES string of the molecule is O=C(CNCc1cccs1)Nc1ccccc1-c1ccccc1.O=C(O)C(=O)O. The fourth-order valence-electron chi connectivity index (χ4n) is 2.37. The molecule has 0 atom stereocenters. The lowest BCUT2D eigenvalue weighted by atomic mass is 10.0. The molecule has 0 bridgehead atoms. The number of carbonyl (C=O) groups excluding carboxylic acids is 1. The third-order valence-electron chi connectivity index (χ3n) is 3.63. The topological polar surface area (TPSA) is 116 Å². The number of aliphatic carboxylic acids is 2. The molecular formula is C21H20N2O5S. The molecule has 0 spiro atoms. The number of carboxylic acid groups (broad SMARTS) is 2. The third kappa shape index (κ3) is 7.57. The van der Waals surface area contributed by atoms with Gasteiger partial charge in [0.15, 0.2) is 0 Å². The zero-order valence-corrected chi connectivity index (χ0v) is 16.2. The van der Waals surface area contributed by atoms with Crippen molar-refractivity contribution in [1.29, 1.82) is 0 Å². The van der Waals surface area contributed by atoms with Gasteiger partial charge >= 0.3 is 11.9 Å². The van der Waals surface area contributed by atoms with Crippen LogP contribution in [0.2, 0.25) is 0 Å². The molecular weight excluding hydrogens is 392 g/mol. The van der Waals surface area contributed by atoms with E-state index < -0.39 is 11.9 Å². The van der Waals surface area contributed by atoms with E-state index in [4.69, 9.17) is 19.8 Å². The molecule has 0 aliphatic rings. The van der Waals surface area contributed by atoms with Crippen molar-refractivity contribution < 1.29 is 24.6 Å². The van der Waals surface area contributed by atoms with Gasteiger partial charge in [0.1, 0.15) is 0 Å². The van der Waals surface area contributed by atoms with E-state index in [0.29, 0.717) is 13.1 Å². The van der Waals surface area contributed by atoms with E-state index >= 15 is 0 Å². The van der Waals surface area contributed by atoms with Gasteiger partial charge in [-0.3, -0.25) is 4.79 Å². The van der Waals surface area contributed by atoms with Gasteiger partial charge in [0, 0.05) is 22.7 Å². The molecule has 1 heterocycles. The quantitative estimate of drug-likeness (QED) is 0.462. The molecule has 8 heteroatoms. The molecule has 150 valence electrons. The van der Waals surface area contributed by atoms with Gasteiger partial charge in [0.2, 0.25) is 5.91 Å². The van der Waals surface area contributed by atoms with E-state index in [9.17, 15) is 4.79 Å². The Balaban J connectivity index is 0.000000438. The maximum absolute atomic E-state index is 12.2. The van der Waals surface area contributed by atoms with Crippen LogP contribution in [0.25, 0.3) is 11.1 Å². The van der Waals surface area contributed by atoms with Crippen LogP contribution in [-0.4, -0.2) is 34.6 Å². The average Bonchev–Trinajstić information content (AvgIpc) is 3.23. The molecule has 3 aromatic rings. The van der Waals surface area contributed by atoms with Crippen LogP contribution in [0.4, 0.5) is 5.69 Å². The van der Waals surface area contributed by atoms with Crippen molar-refractivity contribution in [1.82, 2.24) is 5.32 Å². The number of carbonyl (C=O) groups is 3. The molecule has 29 heavy (non-hydrogen) atoms. The molecule has 0 saturated carbocycles. The second-order valence-electron chi connectivity index (χ2n) is 5.75. The highest BCUT2D eigenvalue weighted by Gasteiger charge is 2.08. The first kappa shape index (κ1) is 21.8. The van der Waals surface area contributed by atoms with E-state index in [1.54, 1.807) is 11.3 Å². The van der Waals surface area contributed by atoms with Gasteiger partial charge in [0.25, 0.3) is 0 Å². The summed E-state index contributed by atoms with van der Waals surface area (Å²) in [6, 6.07) is 22.0. The van der Waals surface area contributed by atoms with Gasteiger partial charge < -0.3 is 20.8 Å². The van der Waals surface area contributed by atoms with Crippen molar-refractivity contribution in [3.05, 3.63) is 77.0 Å². The van der Waals surface area contributed by atoms with Crippen molar-refractivity contribution in [2.24, 2.45) is 0 Å². The Kier molecular flexibility index (Phi) is 8.55. The minimum absolute atomic E-state index is 0.0371. The molecule has 7 nitrogen and oxygen atoms in total. The van der Waals surface area contributed by atoms with E-state index in [1.807, 2.05) is 66.0 Å². The summed E-state index contributed by atoms with van der Waals surface area (Å²) in [5, 5.41) is 23.0. The minimum atomic E-state index is -1.82. The molecule has 1 aromatic heterocycles. The summed E-state index contributed by atoms with van der Waals surface area (Å²) in [5.41, 5.74) is 2.95. The number of benzene rings is 2. The number of amides is 1. The first-order valence-corrected chi connectivity index (χ1v) is 9.49. The normalized spacial score (nSPS) is 9.79. The predicted octanol–water partition coefficient (Wildman–Crippen LogP) is 3.30. The van der Waals surface area contributed by atoms with Crippen molar-refractivity contribution >= 4 is 34.9 Å². The summed E-state index contributed by atoms with van der Waals surface area (Å²) in [7, 11) is 0. The summed E-state index contributed by atoms with van der Waals surface area (Å²) < 4.78 is 0. The van der Waals surface area contributed by atoms with Crippen LogP contribution in [0.3, 0.4) is 0 Å². The number of carboxylic acids is 2. The Morgan fingerprint density at radius 1 is 0.828 bits per heavy atom. The summed E-state index contributed by atoms with van der Waals surface area (Å²) >= 11 is 1.68. The molecule has 2 aromatic carbocycles. The maximum atomic E-state index is 12.2. The summed E-state index contributed by atoms with van der Waals surface area (Å²) in [6.45, 7) is 1.01. The monoisotopic (exact) mass is 412 g/mol. The van der Waals surface area contributed by atoms with Crippen molar-refractivity contribution in [3.63, 3.8) is 0 Å². The Morgan fingerprint density at radius 2 is 1.48 bits per heavy atom. The molecule has 3 rings (SSSR count). The number of hydrogen-bond donors (Lipinski definition) is 4. The summed E-state index contributed by atoms with van der Waals surface area (Å²) in [5.74, 6) is -3.69. The van der Waals surface area contributed by atoms with Crippen LogP contribution in [0.5, 0.6) is 0 Å². The van der Waals surface area contributed by atoms with Crippen molar-refractivity contribution in [3.8, 4) is 11.1 Å². The zero-order valence-electron chi connectivity index (χ0n) is 15.4. The highest BCUT2D eigenvalue weighted by molar-refractivity contribution is 7.09. The van der Waals surface area contributed by atoms with E-state index in [-0.39, 0.29) is 5.91 Å². The molecule has 0 aliphatic carbocycles. The molecule has 0 radical (unpaired) electrons. The number of hydrogen-bond acceptors (Lipinski definition) is 5. The highest BCUT2D eigenvalue weighted by Crippen LogP contribution is 2.27. The highest BCUT2D eigenvalue weighted by atomic mass is 32.1. The van der Waals surface area contributed by atoms with Crippen LogP contribution in [-0.2, 0) is 20.9 Å².